The molecular weight excluding hydrogens is 331 g/mol. The Morgan fingerprint density at radius 1 is 1.16 bits per heavy atom. The molecule has 0 aliphatic rings. The molecule has 0 aliphatic heterocycles. The van der Waals surface area contributed by atoms with E-state index >= 15 is 0 Å². The fraction of sp³-hybridized carbons (Fsp3) is 0.444. The Kier molecular flexibility index (Phi) is 6.22. The van der Waals surface area contributed by atoms with E-state index in [1.807, 2.05) is 24.3 Å². The second-order valence-corrected chi connectivity index (χ2v) is 6.00. The van der Waals surface area contributed by atoms with Gasteiger partial charge in [-0.1, -0.05) is 25.5 Å². The average molecular weight is 353 g/mol. The summed E-state index contributed by atoms with van der Waals surface area (Å²) in [4.78, 5) is 7.64. The van der Waals surface area contributed by atoms with Gasteiger partial charge in [-0.2, -0.15) is 18.2 Å². The van der Waals surface area contributed by atoms with E-state index in [9.17, 15) is 13.2 Å². The standard InChI is InChI=1S/C18H22F3N3O/c1-4-5-6-13-7-9-14(10-8-13)23-17-22-11-15(18(19,20)21)16(24-17)25-12(2)3/h7-12H,4-6H2,1-3H3,(H,22,23,24). The average Bonchev–Trinajstić information content (AvgIpc) is 2.53. The van der Waals surface area contributed by atoms with Crippen molar-refractivity contribution in [1.29, 1.82) is 0 Å². The number of aromatic nitrogens is 2. The highest BCUT2D eigenvalue weighted by atomic mass is 19.4. The first-order chi connectivity index (χ1) is 11.8. The minimum absolute atomic E-state index is 0.0601. The van der Waals surface area contributed by atoms with Crippen molar-refractivity contribution in [1.82, 2.24) is 9.97 Å². The molecule has 1 aromatic heterocycles. The summed E-state index contributed by atoms with van der Waals surface area (Å²) in [6.45, 7) is 5.42. The van der Waals surface area contributed by atoms with Crippen LogP contribution in [0, 0.1) is 0 Å². The van der Waals surface area contributed by atoms with Gasteiger partial charge in [-0.3, -0.25) is 0 Å². The molecule has 7 heteroatoms. The lowest BCUT2D eigenvalue weighted by Gasteiger charge is -2.16. The van der Waals surface area contributed by atoms with Crippen LogP contribution in [-0.4, -0.2) is 16.1 Å². The molecule has 136 valence electrons. The molecular formula is C18H22F3N3O. The van der Waals surface area contributed by atoms with Gasteiger partial charge in [0, 0.05) is 11.9 Å². The van der Waals surface area contributed by atoms with Crippen LogP contribution in [0.1, 0.15) is 44.7 Å². The summed E-state index contributed by atoms with van der Waals surface area (Å²) in [5.74, 6) is -0.412. The topological polar surface area (TPSA) is 47.0 Å². The molecule has 0 aliphatic carbocycles. The highest BCUT2D eigenvalue weighted by molar-refractivity contribution is 5.54. The van der Waals surface area contributed by atoms with Crippen molar-refractivity contribution >= 4 is 11.6 Å². The molecule has 0 saturated carbocycles. The van der Waals surface area contributed by atoms with E-state index in [1.165, 1.54) is 5.56 Å². The van der Waals surface area contributed by atoms with E-state index in [0.717, 1.165) is 25.5 Å². The predicted molar refractivity (Wildman–Crippen MR) is 91.1 cm³/mol. The lowest BCUT2D eigenvalue weighted by atomic mass is 10.1. The second kappa shape index (κ2) is 8.18. The molecule has 0 atom stereocenters. The van der Waals surface area contributed by atoms with Crippen LogP contribution in [-0.2, 0) is 12.6 Å². The van der Waals surface area contributed by atoms with E-state index in [0.29, 0.717) is 5.69 Å². The molecule has 1 heterocycles. The number of alkyl halides is 3. The fourth-order valence-corrected chi connectivity index (χ4v) is 2.20. The third kappa shape index (κ3) is 5.62. The molecule has 2 aromatic rings. The summed E-state index contributed by atoms with van der Waals surface area (Å²) < 4.78 is 44.3. The molecule has 0 saturated heterocycles. The zero-order valence-electron chi connectivity index (χ0n) is 14.5. The van der Waals surface area contributed by atoms with Crippen molar-refractivity contribution in [3.05, 3.63) is 41.6 Å². The summed E-state index contributed by atoms with van der Waals surface area (Å²) in [5, 5.41) is 2.91. The summed E-state index contributed by atoms with van der Waals surface area (Å²) in [5.41, 5.74) is 0.932. The van der Waals surface area contributed by atoms with Crippen molar-refractivity contribution < 1.29 is 17.9 Å². The molecule has 0 amide bonds. The summed E-state index contributed by atoms with van der Waals surface area (Å²) in [6.07, 6.45) is -1.02. The number of unbranched alkanes of at least 4 members (excludes halogenated alkanes) is 1. The highest BCUT2D eigenvalue weighted by Crippen LogP contribution is 2.35. The summed E-state index contributed by atoms with van der Waals surface area (Å²) >= 11 is 0. The molecule has 0 bridgehead atoms. The molecule has 0 spiro atoms. The Labute approximate surface area is 145 Å². The molecule has 1 N–H and O–H groups in total. The summed E-state index contributed by atoms with van der Waals surface area (Å²) in [6, 6.07) is 7.67. The third-order valence-corrected chi connectivity index (χ3v) is 3.44. The van der Waals surface area contributed by atoms with Gasteiger partial charge in [-0.05, 0) is 44.4 Å². The van der Waals surface area contributed by atoms with Crippen LogP contribution in [0.15, 0.2) is 30.5 Å². The van der Waals surface area contributed by atoms with Crippen molar-refractivity contribution in [2.24, 2.45) is 0 Å². The van der Waals surface area contributed by atoms with Crippen LogP contribution in [0.25, 0.3) is 0 Å². The van der Waals surface area contributed by atoms with E-state index < -0.39 is 23.7 Å². The quantitative estimate of drug-likeness (QED) is 0.727. The van der Waals surface area contributed by atoms with Crippen molar-refractivity contribution in [3.63, 3.8) is 0 Å². The fourth-order valence-electron chi connectivity index (χ4n) is 2.20. The van der Waals surface area contributed by atoms with Gasteiger partial charge in [0.1, 0.15) is 5.56 Å². The first-order valence-corrected chi connectivity index (χ1v) is 8.26. The number of hydrogen-bond acceptors (Lipinski definition) is 4. The van der Waals surface area contributed by atoms with E-state index in [4.69, 9.17) is 4.74 Å². The number of nitrogens with zero attached hydrogens (tertiary/aromatic N) is 2. The molecule has 0 radical (unpaired) electrons. The minimum atomic E-state index is -4.57. The van der Waals surface area contributed by atoms with Crippen LogP contribution in [0.3, 0.4) is 0 Å². The second-order valence-electron chi connectivity index (χ2n) is 6.00. The van der Waals surface area contributed by atoms with Gasteiger partial charge in [0.05, 0.1) is 6.10 Å². The Morgan fingerprint density at radius 3 is 2.40 bits per heavy atom. The Hall–Kier alpha value is -2.31. The zero-order chi connectivity index (χ0) is 18.4. The Morgan fingerprint density at radius 2 is 1.84 bits per heavy atom. The zero-order valence-corrected chi connectivity index (χ0v) is 14.5. The molecule has 25 heavy (non-hydrogen) atoms. The van der Waals surface area contributed by atoms with Gasteiger partial charge in [0.15, 0.2) is 0 Å². The highest BCUT2D eigenvalue weighted by Gasteiger charge is 2.36. The smallest absolute Gasteiger partial charge is 0.423 e. The maximum atomic E-state index is 13.0. The van der Waals surface area contributed by atoms with Crippen LogP contribution in [0.4, 0.5) is 24.8 Å². The number of nitrogens with one attached hydrogen (secondary N) is 1. The number of aryl methyl sites for hydroxylation is 1. The van der Waals surface area contributed by atoms with Crippen molar-refractivity contribution in [3.8, 4) is 5.88 Å². The lowest BCUT2D eigenvalue weighted by Crippen LogP contribution is -2.15. The first kappa shape index (κ1) is 19.0. The van der Waals surface area contributed by atoms with Gasteiger partial charge in [0.25, 0.3) is 0 Å². The Bertz CT molecular complexity index is 685. The maximum Gasteiger partial charge on any atom is 0.423 e. The summed E-state index contributed by atoms with van der Waals surface area (Å²) in [7, 11) is 0. The SMILES string of the molecule is CCCCc1ccc(Nc2ncc(C(F)(F)F)c(OC(C)C)n2)cc1. The van der Waals surface area contributed by atoms with Gasteiger partial charge < -0.3 is 10.1 Å². The van der Waals surface area contributed by atoms with E-state index in [-0.39, 0.29) is 5.95 Å². The van der Waals surface area contributed by atoms with Gasteiger partial charge >= 0.3 is 6.18 Å². The number of rotatable bonds is 7. The first-order valence-electron chi connectivity index (χ1n) is 8.26. The van der Waals surface area contributed by atoms with Gasteiger partial charge in [-0.15, -0.1) is 0 Å². The largest absolute Gasteiger partial charge is 0.474 e. The predicted octanol–water partition coefficient (Wildman–Crippen LogP) is 5.37. The molecule has 4 nitrogen and oxygen atoms in total. The normalized spacial score (nSPS) is 11.6. The number of ether oxygens (including phenoxy) is 1. The van der Waals surface area contributed by atoms with Crippen LogP contribution >= 0.6 is 0 Å². The molecule has 0 fully saturated rings. The number of anilines is 2. The van der Waals surface area contributed by atoms with Crippen LogP contribution in [0.2, 0.25) is 0 Å². The minimum Gasteiger partial charge on any atom is -0.474 e. The monoisotopic (exact) mass is 353 g/mol. The number of halogens is 3. The number of hydrogen-bond donors (Lipinski definition) is 1. The molecule has 1 aromatic carbocycles. The van der Waals surface area contributed by atoms with Crippen LogP contribution in [0.5, 0.6) is 5.88 Å². The maximum absolute atomic E-state index is 13.0. The van der Waals surface area contributed by atoms with Crippen molar-refractivity contribution in [2.75, 3.05) is 5.32 Å². The molecule has 2 rings (SSSR count). The number of benzene rings is 1. The van der Waals surface area contributed by atoms with Gasteiger partial charge in [-0.25, -0.2) is 4.98 Å². The molecule has 0 unspecified atom stereocenters. The third-order valence-electron chi connectivity index (χ3n) is 3.44. The van der Waals surface area contributed by atoms with Gasteiger partial charge in [0.2, 0.25) is 11.8 Å². The lowest BCUT2D eigenvalue weighted by molar-refractivity contribution is -0.139. The van der Waals surface area contributed by atoms with Crippen LogP contribution < -0.4 is 10.1 Å². The van der Waals surface area contributed by atoms with Crippen molar-refractivity contribution in [2.45, 2.75) is 52.3 Å². The Balaban J connectivity index is 2.19. The van der Waals surface area contributed by atoms with E-state index in [2.05, 4.69) is 22.2 Å². The van der Waals surface area contributed by atoms with E-state index in [1.54, 1.807) is 13.8 Å².